The minimum absolute atomic E-state index is 0.133. The van der Waals surface area contributed by atoms with Crippen molar-refractivity contribution in [2.45, 2.75) is 13.8 Å². The molecule has 3 aromatic rings. The van der Waals surface area contributed by atoms with Gasteiger partial charge in [-0.05, 0) is 51.2 Å². The van der Waals surface area contributed by atoms with Crippen LogP contribution in [-0.4, -0.2) is 52.8 Å². The quantitative estimate of drug-likeness (QED) is 0.400. The first-order chi connectivity index (χ1) is 14.6. The molecule has 0 unspecified atom stereocenters. The van der Waals surface area contributed by atoms with Gasteiger partial charge in [0.25, 0.3) is 17.3 Å². The molecule has 0 radical (unpaired) electrons. The largest absolute Gasteiger partial charge is 0.308 e. The number of non-ortho nitro benzene ring substituents is 2. The molecule has 1 aromatic heterocycles. The van der Waals surface area contributed by atoms with E-state index in [1.165, 1.54) is 16.2 Å². The molecule has 0 atom stereocenters. The van der Waals surface area contributed by atoms with Crippen molar-refractivity contribution in [2.24, 2.45) is 0 Å². The van der Waals surface area contributed by atoms with Crippen LogP contribution in [0, 0.1) is 34.1 Å². The van der Waals surface area contributed by atoms with Crippen molar-refractivity contribution in [2.75, 3.05) is 32.1 Å². The minimum atomic E-state index is -0.753. The highest BCUT2D eigenvalue weighted by atomic mass is 32.1. The lowest BCUT2D eigenvalue weighted by Gasteiger charge is -2.22. The van der Waals surface area contributed by atoms with Gasteiger partial charge in [-0.15, -0.1) is 0 Å². The molecular formula is C20H21N5O5S. The highest BCUT2D eigenvalue weighted by Crippen LogP contribution is 2.32. The number of hydrogen-bond acceptors (Lipinski definition) is 8. The average Bonchev–Trinajstić information content (AvgIpc) is 3.09. The number of aromatic nitrogens is 1. The zero-order chi connectivity index (χ0) is 22.9. The van der Waals surface area contributed by atoms with Crippen LogP contribution in [0.1, 0.15) is 21.5 Å². The number of rotatable bonds is 7. The van der Waals surface area contributed by atoms with E-state index in [1.807, 2.05) is 45.0 Å². The molecule has 0 aliphatic heterocycles. The predicted molar refractivity (Wildman–Crippen MR) is 119 cm³/mol. The maximum atomic E-state index is 13.3. The van der Waals surface area contributed by atoms with Crippen LogP contribution in [0.15, 0.2) is 30.3 Å². The number of carbonyl (C=O) groups is 1. The molecule has 0 spiro atoms. The van der Waals surface area contributed by atoms with Crippen LogP contribution in [0.2, 0.25) is 0 Å². The highest BCUT2D eigenvalue weighted by Gasteiger charge is 2.26. The number of nitrogens with zero attached hydrogens (tertiary/aromatic N) is 5. The fourth-order valence-electron chi connectivity index (χ4n) is 2.95. The summed E-state index contributed by atoms with van der Waals surface area (Å²) >= 11 is 1.33. The van der Waals surface area contributed by atoms with Crippen LogP contribution in [0.25, 0.3) is 10.2 Å². The molecule has 0 fully saturated rings. The van der Waals surface area contributed by atoms with Crippen molar-refractivity contribution in [3.63, 3.8) is 0 Å². The van der Waals surface area contributed by atoms with E-state index in [9.17, 15) is 25.0 Å². The topological polar surface area (TPSA) is 123 Å². The fourth-order valence-corrected chi connectivity index (χ4v) is 4.02. The first kappa shape index (κ1) is 22.2. The smallest absolute Gasteiger partial charge is 0.277 e. The molecule has 11 heteroatoms. The number of carbonyl (C=O) groups excluding carboxylic acids is 1. The van der Waals surface area contributed by atoms with Gasteiger partial charge < -0.3 is 4.90 Å². The van der Waals surface area contributed by atoms with Crippen molar-refractivity contribution in [3.05, 3.63) is 67.3 Å². The second kappa shape index (κ2) is 8.74. The molecule has 0 bridgehead atoms. The Hall–Kier alpha value is -3.44. The zero-order valence-corrected chi connectivity index (χ0v) is 18.3. The Balaban J connectivity index is 2.09. The molecule has 162 valence electrons. The Morgan fingerprint density at radius 3 is 2.10 bits per heavy atom. The number of hydrogen-bond donors (Lipinski definition) is 0. The van der Waals surface area contributed by atoms with E-state index >= 15 is 0 Å². The summed E-state index contributed by atoms with van der Waals surface area (Å²) in [7, 11) is 3.71. The molecule has 2 aromatic carbocycles. The normalized spacial score (nSPS) is 11.1. The van der Waals surface area contributed by atoms with E-state index in [1.54, 1.807) is 0 Å². The SMILES string of the molecule is Cc1cc2nc(N(CCN(C)C)C(=O)c3cc([N+](=O)[O-])cc([N+](=O)[O-])c3)sc2cc1C. The van der Waals surface area contributed by atoms with Gasteiger partial charge >= 0.3 is 0 Å². The summed E-state index contributed by atoms with van der Waals surface area (Å²) in [6.07, 6.45) is 0. The Kier molecular flexibility index (Phi) is 6.27. The standard InChI is InChI=1S/C20H21N5O5S/c1-12-7-17-18(8-13(12)2)31-20(21-17)23(6-5-22(3)4)19(26)14-9-15(24(27)28)11-16(10-14)25(29)30/h7-11H,5-6H2,1-4H3. The molecule has 10 nitrogen and oxygen atoms in total. The van der Waals surface area contributed by atoms with E-state index in [-0.39, 0.29) is 12.1 Å². The number of thiazole rings is 1. The third-order valence-electron chi connectivity index (χ3n) is 4.81. The first-order valence-electron chi connectivity index (χ1n) is 9.35. The number of likely N-dealkylation sites (N-methyl/N-ethyl adjacent to an activating group) is 1. The molecule has 31 heavy (non-hydrogen) atoms. The third kappa shape index (κ3) is 4.84. The first-order valence-corrected chi connectivity index (χ1v) is 10.2. The molecule has 0 saturated carbocycles. The van der Waals surface area contributed by atoms with Crippen LogP contribution in [-0.2, 0) is 0 Å². The van der Waals surface area contributed by atoms with Crippen LogP contribution < -0.4 is 4.90 Å². The minimum Gasteiger partial charge on any atom is -0.308 e. The molecular weight excluding hydrogens is 422 g/mol. The number of nitro groups is 2. The number of amides is 1. The van der Waals surface area contributed by atoms with Crippen molar-refractivity contribution in [1.82, 2.24) is 9.88 Å². The van der Waals surface area contributed by atoms with Gasteiger partial charge in [0.2, 0.25) is 0 Å². The Morgan fingerprint density at radius 2 is 1.55 bits per heavy atom. The summed E-state index contributed by atoms with van der Waals surface area (Å²) in [5, 5.41) is 22.9. The average molecular weight is 443 g/mol. The molecule has 0 N–H and O–H groups in total. The van der Waals surface area contributed by atoms with Gasteiger partial charge in [-0.2, -0.15) is 0 Å². The van der Waals surface area contributed by atoms with E-state index in [2.05, 4.69) is 4.98 Å². The maximum absolute atomic E-state index is 13.3. The molecule has 1 amide bonds. The van der Waals surface area contributed by atoms with E-state index in [4.69, 9.17) is 0 Å². The lowest BCUT2D eigenvalue weighted by atomic mass is 10.1. The summed E-state index contributed by atoms with van der Waals surface area (Å²) < 4.78 is 0.908. The van der Waals surface area contributed by atoms with Crippen molar-refractivity contribution < 1.29 is 14.6 Å². The Morgan fingerprint density at radius 1 is 0.968 bits per heavy atom. The van der Waals surface area contributed by atoms with Gasteiger partial charge in [0.1, 0.15) is 0 Å². The van der Waals surface area contributed by atoms with Crippen LogP contribution in [0.5, 0.6) is 0 Å². The van der Waals surface area contributed by atoms with Crippen LogP contribution in [0.3, 0.4) is 0 Å². The third-order valence-corrected chi connectivity index (χ3v) is 5.85. The lowest BCUT2D eigenvalue weighted by molar-refractivity contribution is -0.394. The number of aryl methyl sites for hydroxylation is 2. The van der Waals surface area contributed by atoms with Crippen LogP contribution >= 0.6 is 11.3 Å². The molecule has 1 heterocycles. The lowest BCUT2D eigenvalue weighted by Crippen LogP contribution is -2.36. The van der Waals surface area contributed by atoms with Gasteiger partial charge in [-0.25, -0.2) is 4.98 Å². The van der Waals surface area contributed by atoms with E-state index < -0.39 is 27.1 Å². The number of fused-ring (bicyclic) bond motifs is 1. The number of nitro benzene ring substituents is 2. The van der Waals surface area contributed by atoms with Gasteiger partial charge in [-0.1, -0.05) is 11.3 Å². The summed E-state index contributed by atoms with van der Waals surface area (Å²) in [5.41, 5.74) is 1.76. The summed E-state index contributed by atoms with van der Waals surface area (Å²) in [6.45, 7) is 4.74. The van der Waals surface area contributed by atoms with E-state index in [0.717, 1.165) is 39.5 Å². The molecule has 0 saturated heterocycles. The molecule has 3 rings (SSSR count). The second-order valence-electron chi connectivity index (χ2n) is 7.41. The summed E-state index contributed by atoms with van der Waals surface area (Å²) in [6, 6.07) is 6.89. The number of anilines is 1. The van der Waals surface area contributed by atoms with Crippen molar-refractivity contribution in [3.8, 4) is 0 Å². The van der Waals surface area contributed by atoms with Gasteiger partial charge in [0.15, 0.2) is 5.13 Å². The predicted octanol–water partition coefficient (Wildman–Crippen LogP) is 3.94. The van der Waals surface area contributed by atoms with Crippen molar-refractivity contribution in [1.29, 1.82) is 0 Å². The van der Waals surface area contributed by atoms with Gasteiger partial charge in [0.05, 0.1) is 31.7 Å². The summed E-state index contributed by atoms with van der Waals surface area (Å²) in [5.74, 6) is -0.582. The number of benzene rings is 2. The Labute approximate surface area is 182 Å². The second-order valence-corrected chi connectivity index (χ2v) is 8.42. The zero-order valence-electron chi connectivity index (χ0n) is 17.5. The van der Waals surface area contributed by atoms with E-state index in [0.29, 0.717) is 11.7 Å². The van der Waals surface area contributed by atoms with Crippen LogP contribution in [0.4, 0.5) is 16.5 Å². The Bertz CT molecular complexity index is 1120. The van der Waals surface area contributed by atoms with Gasteiger partial charge in [-0.3, -0.25) is 29.9 Å². The monoisotopic (exact) mass is 443 g/mol. The van der Waals surface area contributed by atoms with Crippen molar-refractivity contribution >= 4 is 44.0 Å². The fraction of sp³-hybridized carbons (Fsp3) is 0.300. The highest BCUT2D eigenvalue weighted by molar-refractivity contribution is 7.22. The maximum Gasteiger partial charge on any atom is 0.277 e. The molecule has 0 aliphatic carbocycles. The van der Waals surface area contributed by atoms with Gasteiger partial charge in [0, 0.05) is 25.2 Å². The molecule has 0 aliphatic rings. The summed E-state index contributed by atoms with van der Waals surface area (Å²) in [4.78, 5) is 42.2.